The highest BCUT2D eigenvalue weighted by Gasteiger charge is 2.15. The van der Waals surface area contributed by atoms with Crippen LogP contribution in [0.1, 0.15) is 38.4 Å². The van der Waals surface area contributed by atoms with Crippen molar-refractivity contribution in [3.63, 3.8) is 0 Å². The molecule has 0 amide bonds. The summed E-state index contributed by atoms with van der Waals surface area (Å²) in [6, 6.07) is 5.38. The largest absolute Gasteiger partial charge is 0.497 e. The van der Waals surface area contributed by atoms with Crippen LogP contribution in [0, 0.1) is 5.92 Å². The molecule has 0 radical (unpaired) electrons. The van der Waals surface area contributed by atoms with Crippen LogP contribution in [0.5, 0.6) is 11.5 Å². The molecule has 0 aromatic heterocycles. The summed E-state index contributed by atoms with van der Waals surface area (Å²) < 4.78 is 16.0. The van der Waals surface area contributed by atoms with E-state index in [9.17, 15) is 5.11 Å². The Balaban J connectivity index is 2.56. The number of ether oxygens (including phenoxy) is 3. The molecule has 0 saturated carbocycles. The summed E-state index contributed by atoms with van der Waals surface area (Å²) >= 11 is 0. The zero-order valence-electron chi connectivity index (χ0n) is 12.9. The normalized spacial score (nSPS) is 13.8. The van der Waals surface area contributed by atoms with Crippen LogP contribution in [0.3, 0.4) is 0 Å². The number of methoxy groups -OCH3 is 2. The number of aliphatic hydroxyl groups is 1. The molecular formula is C16H26O4. The van der Waals surface area contributed by atoms with Gasteiger partial charge in [-0.2, -0.15) is 0 Å². The molecule has 0 aliphatic carbocycles. The van der Waals surface area contributed by atoms with Gasteiger partial charge in [0.05, 0.1) is 20.8 Å². The molecular weight excluding hydrogens is 256 g/mol. The Morgan fingerprint density at radius 1 is 1.15 bits per heavy atom. The van der Waals surface area contributed by atoms with Gasteiger partial charge in [-0.15, -0.1) is 0 Å². The van der Waals surface area contributed by atoms with Gasteiger partial charge in [0.15, 0.2) is 0 Å². The molecule has 0 saturated heterocycles. The van der Waals surface area contributed by atoms with Gasteiger partial charge in [0, 0.05) is 18.2 Å². The Hall–Kier alpha value is -1.26. The molecule has 1 N–H and O–H groups in total. The predicted octanol–water partition coefficient (Wildman–Crippen LogP) is 3.19. The quantitative estimate of drug-likeness (QED) is 0.755. The summed E-state index contributed by atoms with van der Waals surface area (Å²) in [5.74, 6) is 1.84. The van der Waals surface area contributed by atoms with Crippen molar-refractivity contribution >= 4 is 0 Å². The first-order chi connectivity index (χ1) is 9.62. The highest BCUT2D eigenvalue weighted by Crippen LogP contribution is 2.29. The van der Waals surface area contributed by atoms with Gasteiger partial charge in [-0.3, -0.25) is 0 Å². The Morgan fingerprint density at radius 2 is 1.90 bits per heavy atom. The van der Waals surface area contributed by atoms with Gasteiger partial charge in [0.25, 0.3) is 0 Å². The van der Waals surface area contributed by atoms with Crippen LogP contribution in [0.25, 0.3) is 0 Å². The van der Waals surface area contributed by atoms with Crippen LogP contribution in [0.4, 0.5) is 0 Å². The minimum Gasteiger partial charge on any atom is -0.497 e. The Morgan fingerprint density at radius 3 is 2.50 bits per heavy atom. The van der Waals surface area contributed by atoms with Crippen molar-refractivity contribution in [2.24, 2.45) is 5.92 Å². The third-order valence-electron chi connectivity index (χ3n) is 3.26. The summed E-state index contributed by atoms with van der Waals surface area (Å²) in [4.78, 5) is 0. The zero-order chi connectivity index (χ0) is 15.0. The molecule has 0 fully saturated rings. The zero-order valence-corrected chi connectivity index (χ0v) is 12.9. The van der Waals surface area contributed by atoms with Gasteiger partial charge in [-0.05, 0) is 24.5 Å². The Bertz CT molecular complexity index is 392. The van der Waals surface area contributed by atoms with Crippen LogP contribution in [0.15, 0.2) is 18.2 Å². The molecule has 0 aliphatic rings. The average Bonchev–Trinajstić information content (AvgIpc) is 2.46. The first-order valence-electron chi connectivity index (χ1n) is 7.10. The van der Waals surface area contributed by atoms with Gasteiger partial charge >= 0.3 is 0 Å². The second kappa shape index (κ2) is 8.82. The molecule has 4 heteroatoms. The van der Waals surface area contributed by atoms with E-state index < -0.39 is 6.10 Å². The highest BCUT2D eigenvalue weighted by molar-refractivity contribution is 5.41. The fourth-order valence-electron chi connectivity index (χ4n) is 2.14. The maximum atomic E-state index is 10.2. The SMILES string of the molecule is CCCC(C)COCC(O)c1ccc(OC)cc1OC. The lowest BCUT2D eigenvalue weighted by atomic mass is 10.1. The van der Waals surface area contributed by atoms with Crippen molar-refractivity contribution in [1.82, 2.24) is 0 Å². The van der Waals surface area contributed by atoms with Crippen molar-refractivity contribution in [2.75, 3.05) is 27.4 Å². The molecule has 0 bridgehead atoms. The Labute approximate surface area is 121 Å². The fraction of sp³-hybridized carbons (Fsp3) is 0.625. The van der Waals surface area contributed by atoms with Gasteiger partial charge in [-0.1, -0.05) is 20.3 Å². The van der Waals surface area contributed by atoms with E-state index in [-0.39, 0.29) is 6.61 Å². The molecule has 0 aliphatic heterocycles. The lowest BCUT2D eigenvalue weighted by molar-refractivity contribution is 0.0205. The van der Waals surface area contributed by atoms with Crippen LogP contribution >= 0.6 is 0 Å². The van der Waals surface area contributed by atoms with Gasteiger partial charge in [0.2, 0.25) is 0 Å². The first kappa shape index (κ1) is 16.8. The number of hydrogen-bond donors (Lipinski definition) is 1. The van der Waals surface area contributed by atoms with Crippen molar-refractivity contribution in [2.45, 2.75) is 32.8 Å². The van der Waals surface area contributed by atoms with E-state index in [1.165, 1.54) is 0 Å². The minimum absolute atomic E-state index is 0.275. The van der Waals surface area contributed by atoms with Gasteiger partial charge in [0.1, 0.15) is 17.6 Å². The number of rotatable bonds is 9. The van der Waals surface area contributed by atoms with E-state index in [0.29, 0.717) is 24.0 Å². The van der Waals surface area contributed by atoms with Gasteiger partial charge in [-0.25, -0.2) is 0 Å². The third kappa shape index (κ3) is 5.02. The summed E-state index contributed by atoms with van der Waals surface area (Å²) in [6.07, 6.45) is 1.60. The maximum absolute atomic E-state index is 10.2. The van der Waals surface area contributed by atoms with Crippen LogP contribution < -0.4 is 9.47 Å². The monoisotopic (exact) mass is 282 g/mol. The van der Waals surface area contributed by atoms with Crippen molar-refractivity contribution in [3.05, 3.63) is 23.8 Å². The molecule has 0 heterocycles. The van der Waals surface area contributed by atoms with E-state index in [2.05, 4.69) is 13.8 Å². The molecule has 1 aromatic rings. The fourth-order valence-corrected chi connectivity index (χ4v) is 2.14. The van der Waals surface area contributed by atoms with Crippen LogP contribution in [-0.4, -0.2) is 32.5 Å². The van der Waals surface area contributed by atoms with Crippen LogP contribution in [0.2, 0.25) is 0 Å². The highest BCUT2D eigenvalue weighted by atomic mass is 16.5. The van der Waals surface area contributed by atoms with Crippen molar-refractivity contribution in [1.29, 1.82) is 0 Å². The lowest BCUT2D eigenvalue weighted by Crippen LogP contribution is -2.13. The first-order valence-corrected chi connectivity index (χ1v) is 7.10. The van der Waals surface area contributed by atoms with Crippen LogP contribution in [-0.2, 0) is 4.74 Å². The number of benzene rings is 1. The van der Waals surface area contributed by atoms with E-state index in [0.717, 1.165) is 18.4 Å². The predicted molar refractivity (Wildman–Crippen MR) is 79.4 cm³/mol. The van der Waals surface area contributed by atoms with E-state index in [4.69, 9.17) is 14.2 Å². The second-order valence-electron chi connectivity index (χ2n) is 5.05. The summed E-state index contributed by atoms with van der Waals surface area (Å²) in [5, 5.41) is 10.2. The molecule has 0 spiro atoms. The summed E-state index contributed by atoms with van der Waals surface area (Å²) in [7, 11) is 3.18. The maximum Gasteiger partial charge on any atom is 0.128 e. The standard InChI is InChI=1S/C16H26O4/c1-5-6-12(2)10-20-11-15(17)14-8-7-13(18-3)9-16(14)19-4/h7-9,12,15,17H,5-6,10-11H2,1-4H3. The molecule has 1 aromatic carbocycles. The number of hydrogen-bond acceptors (Lipinski definition) is 4. The molecule has 2 atom stereocenters. The summed E-state index contributed by atoms with van der Waals surface area (Å²) in [5.41, 5.74) is 0.719. The molecule has 1 rings (SSSR count). The Kier molecular flexibility index (Phi) is 7.41. The topological polar surface area (TPSA) is 47.9 Å². The van der Waals surface area contributed by atoms with E-state index >= 15 is 0 Å². The third-order valence-corrected chi connectivity index (χ3v) is 3.26. The van der Waals surface area contributed by atoms with E-state index in [1.54, 1.807) is 32.4 Å². The smallest absolute Gasteiger partial charge is 0.128 e. The molecule has 114 valence electrons. The second-order valence-corrected chi connectivity index (χ2v) is 5.05. The van der Waals surface area contributed by atoms with Gasteiger partial charge < -0.3 is 19.3 Å². The lowest BCUT2D eigenvalue weighted by Gasteiger charge is -2.17. The molecule has 4 nitrogen and oxygen atoms in total. The van der Waals surface area contributed by atoms with Crippen molar-refractivity contribution in [3.8, 4) is 11.5 Å². The molecule has 20 heavy (non-hydrogen) atoms. The molecule has 2 unspecified atom stereocenters. The van der Waals surface area contributed by atoms with E-state index in [1.807, 2.05) is 0 Å². The minimum atomic E-state index is -0.690. The number of aliphatic hydroxyl groups excluding tert-OH is 1. The van der Waals surface area contributed by atoms with Crippen molar-refractivity contribution < 1.29 is 19.3 Å². The summed E-state index contributed by atoms with van der Waals surface area (Å²) in [6.45, 7) is 5.26. The average molecular weight is 282 g/mol.